The summed E-state index contributed by atoms with van der Waals surface area (Å²) in [5.41, 5.74) is 0.297. The molecule has 1 saturated carbocycles. The molecule has 0 aromatic heterocycles. The molecular formula is C15H18F2N2O. The van der Waals surface area contributed by atoms with Crippen LogP contribution in [-0.4, -0.2) is 18.0 Å². The third-order valence-corrected chi connectivity index (χ3v) is 4.37. The van der Waals surface area contributed by atoms with Crippen LogP contribution in [0.5, 0.6) is 0 Å². The smallest absolute Gasteiger partial charge is 0.241 e. The molecule has 1 aliphatic carbocycles. The van der Waals surface area contributed by atoms with Crippen molar-refractivity contribution in [3.8, 4) is 0 Å². The molecule has 1 aromatic rings. The molecule has 2 aliphatic rings. The number of carbonyl (C=O) groups is 1. The molecule has 3 atom stereocenters. The van der Waals surface area contributed by atoms with Gasteiger partial charge in [-0.2, -0.15) is 0 Å². The maximum absolute atomic E-state index is 13.1. The van der Waals surface area contributed by atoms with Crippen molar-refractivity contribution in [2.75, 3.05) is 5.32 Å². The molecule has 3 unspecified atom stereocenters. The summed E-state index contributed by atoms with van der Waals surface area (Å²) < 4.78 is 25.9. The van der Waals surface area contributed by atoms with E-state index in [0.29, 0.717) is 17.6 Å². The number of hydrogen-bond acceptors (Lipinski definition) is 2. The number of amides is 1. The minimum absolute atomic E-state index is 0.162. The maximum Gasteiger partial charge on any atom is 0.241 e. The average molecular weight is 280 g/mol. The molecule has 0 bridgehead atoms. The van der Waals surface area contributed by atoms with Crippen LogP contribution < -0.4 is 10.6 Å². The lowest BCUT2D eigenvalue weighted by atomic mass is 9.85. The third-order valence-electron chi connectivity index (χ3n) is 4.37. The van der Waals surface area contributed by atoms with Gasteiger partial charge in [0.1, 0.15) is 0 Å². The van der Waals surface area contributed by atoms with Crippen LogP contribution in [0.1, 0.15) is 32.1 Å². The summed E-state index contributed by atoms with van der Waals surface area (Å²) in [5, 5.41) is 6.01. The first kappa shape index (κ1) is 13.5. The molecule has 2 fully saturated rings. The van der Waals surface area contributed by atoms with E-state index in [9.17, 15) is 13.6 Å². The molecule has 2 N–H and O–H groups in total. The lowest BCUT2D eigenvalue weighted by Gasteiger charge is -2.24. The summed E-state index contributed by atoms with van der Waals surface area (Å²) in [6.07, 6.45) is 5.58. The third kappa shape index (κ3) is 2.68. The van der Waals surface area contributed by atoms with Crippen molar-refractivity contribution >= 4 is 11.6 Å². The highest BCUT2D eigenvalue weighted by Crippen LogP contribution is 2.33. The van der Waals surface area contributed by atoms with Gasteiger partial charge in [-0.15, -0.1) is 0 Å². The Morgan fingerprint density at radius 3 is 2.75 bits per heavy atom. The minimum atomic E-state index is -0.948. The zero-order valence-corrected chi connectivity index (χ0v) is 11.2. The van der Waals surface area contributed by atoms with Crippen LogP contribution in [0, 0.1) is 17.6 Å². The molecule has 1 aromatic carbocycles. The quantitative estimate of drug-likeness (QED) is 0.874. The van der Waals surface area contributed by atoms with Gasteiger partial charge in [0.2, 0.25) is 5.91 Å². The van der Waals surface area contributed by atoms with Gasteiger partial charge in [-0.3, -0.25) is 4.79 Å². The van der Waals surface area contributed by atoms with E-state index in [4.69, 9.17) is 0 Å². The van der Waals surface area contributed by atoms with Gasteiger partial charge in [0.25, 0.3) is 0 Å². The van der Waals surface area contributed by atoms with Crippen LogP contribution >= 0.6 is 0 Å². The molecule has 1 aliphatic heterocycles. The topological polar surface area (TPSA) is 41.1 Å². The molecule has 1 amide bonds. The van der Waals surface area contributed by atoms with Gasteiger partial charge in [0, 0.05) is 17.8 Å². The van der Waals surface area contributed by atoms with Crippen molar-refractivity contribution in [1.29, 1.82) is 0 Å². The SMILES string of the molecule is O=C(Nc1ccc(F)c(F)c1)C1CC2CCCCC2N1. The molecule has 0 spiro atoms. The number of rotatable bonds is 2. The fraction of sp³-hybridized carbons (Fsp3) is 0.533. The Labute approximate surface area is 116 Å². The Morgan fingerprint density at radius 2 is 2.00 bits per heavy atom. The van der Waals surface area contributed by atoms with E-state index >= 15 is 0 Å². The lowest BCUT2D eigenvalue weighted by molar-refractivity contribution is -0.117. The Hall–Kier alpha value is -1.49. The maximum atomic E-state index is 13.1. The van der Waals surface area contributed by atoms with Crippen LogP contribution in [0.3, 0.4) is 0 Å². The summed E-state index contributed by atoms with van der Waals surface area (Å²) in [7, 11) is 0. The van der Waals surface area contributed by atoms with Crippen LogP contribution in [0.2, 0.25) is 0 Å². The summed E-state index contributed by atoms with van der Waals surface area (Å²) in [4.78, 5) is 12.2. The van der Waals surface area contributed by atoms with Crippen molar-refractivity contribution in [1.82, 2.24) is 5.32 Å². The van der Waals surface area contributed by atoms with E-state index in [2.05, 4.69) is 10.6 Å². The summed E-state index contributed by atoms with van der Waals surface area (Å²) >= 11 is 0. The van der Waals surface area contributed by atoms with Crippen LogP contribution in [0.15, 0.2) is 18.2 Å². The largest absolute Gasteiger partial charge is 0.325 e. The standard InChI is InChI=1S/C15H18F2N2O/c16-11-6-5-10(8-12(11)17)18-15(20)14-7-9-3-1-2-4-13(9)19-14/h5-6,8-9,13-14,19H,1-4,7H2,(H,18,20). The molecule has 3 rings (SSSR count). The Bertz CT molecular complexity index is 507. The normalized spacial score (nSPS) is 29.0. The van der Waals surface area contributed by atoms with Gasteiger partial charge in [0.15, 0.2) is 11.6 Å². The Kier molecular flexibility index (Phi) is 3.70. The van der Waals surface area contributed by atoms with Crippen molar-refractivity contribution < 1.29 is 13.6 Å². The van der Waals surface area contributed by atoms with Gasteiger partial charge >= 0.3 is 0 Å². The zero-order chi connectivity index (χ0) is 14.1. The second-order valence-electron chi connectivity index (χ2n) is 5.72. The van der Waals surface area contributed by atoms with Gasteiger partial charge < -0.3 is 10.6 Å². The number of carbonyl (C=O) groups excluding carboxylic acids is 1. The molecule has 3 nitrogen and oxygen atoms in total. The van der Waals surface area contributed by atoms with Gasteiger partial charge in [-0.1, -0.05) is 12.8 Å². The van der Waals surface area contributed by atoms with E-state index in [1.165, 1.54) is 25.3 Å². The summed E-state index contributed by atoms with van der Waals surface area (Å²) in [6.45, 7) is 0. The molecule has 20 heavy (non-hydrogen) atoms. The first-order chi connectivity index (χ1) is 9.63. The summed E-state index contributed by atoms with van der Waals surface area (Å²) in [5.74, 6) is -1.45. The molecule has 108 valence electrons. The fourth-order valence-corrected chi connectivity index (χ4v) is 3.32. The molecule has 1 saturated heterocycles. The highest BCUT2D eigenvalue weighted by molar-refractivity contribution is 5.95. The number of benzene rings is 1. The fourth-order valence-electron chi connectivity index (χ4n) is 3.32. The van der Waals surface area contributed by atoms with Gasteiger partial charge in [0.05, 0.1) is 6.04 Å². The van der Waals surface area contributed by atoms with Crippen molar-refractivity contribution in [2.45, 2.75) is 44.2 Å². The monoisotopic (exact) mass is 280 g/mol. The van der Waals surface area contributed by atoms with E-state index in [1.807, 2.05) is 0 Å². The number of nitrogens with one attached hydrogen (secondary N) is 2. The Balaban J connectivity index is 1.63. The lowest BCUT2D eigenvalue weighted by Crippen LogP contribution is -2.39. The summed E-state index contributed by atoms with van der Waals surface area (Å²) in [6, 6.07) is 3.61. The predicted molar refractivity (Wildman–Crippen MR) is 72.3 cm³/mol. The van der Waals surface area contributed by atoms with E-state index in [1.54, 1.807) is 0 Å². The van der Waals surface area contributed by atoms with E-state index in [-0.39, 0.29) is 11.9 Å². The van der Waals surface area contributed by atoms with Crippen LogP contribution in [-0.2, 0) is 4.79 Å². The molecule has 5 heteroatoms. The minimum Gasteiger partial charge on any atom is -0.325 e. The van der Waals surface area contributed by atoms with Crippen LogP contribution in [0.4, 0.5) is 14.5 Å². The van der Waals surface area contributed by atoms with Crippen molar-refractivity contribution in [3.05, 3.63) is 29.8 Å². The molecule has 0 radical (unpaired) electrons. The highest BCUT2D eigenvalue weighted by atomic mass is 19.2. The first-order valence-electron chi connectivity index (χ1n) is 7.15. The van der Waals surface area contributed by atoms with Crippen molar-refractivity contribution in [3.63, 3.8) is 0 Å². The second kappa shape index (κ2) is 5.48. The Morgan fingerprint density at radius 1 is 1.20 bits per heavy atom. The highest BCUT2D eigenvalue weighted by Gasteiger charge is 2.38. The number of halogens is 2. The zero-order valence-electron chi connectivity index (χ0n) is 11.2. The first-order valence-corrected chi connectivity index (χ1v) is 7.15. The molecular weight excluding hydrogens is 262 g/mol. The van der Waals surface area contributed by atoms with E-state index in [0.717, 1.165) is 25.0 Å². The average Bonchev–Trinajstić information content (AvgIpc) is 2.87. The molecule has 1 heterocycles. The number of anilines is 1. The van der Waals surface area contributed by atoms with Gasteiger partial charge in [-0.25, -0.2) is 8.78 Å². The number of hydrogen-bond donors (Lipinski definition) is 2. The second-order valence-corrected chi connectivity index (χ2v) is 5.72. The number of fused-ring (bicyclic) bond motifs is 1. The van der Waals surface area contributed by atoms with Crippen LogP contribution in [0.25, 0.3) is 0 Å². The predicted octanol–water partition coefficient (Wildman–Crippen LogP) is 2.82. The van der Waals surface area contributed by atoms with Gasteiger partial charge in [-0.05, 0) is 37.3 Å². The van der Waals surface area contributed by atoms with E-state index < -0.39 is 11.6 Å². The van der Waals surface area contributed by atoms with Crippen molar-refractivity contribution in [2.24, 2.45) is 5.92 Å².